The monoisotopic (exact) mass is 427 g/mol. The smallest absolute Gasteiger partial charge is 0.338 e. The number of carbonyl (C=O) groups is 2. The average Bonchev–Trinajstić information content (AvgIpc) is 3.21. The SMILES string of the molecule is COc1ccc(-c2nnc(SCC(=O)Nc3ccc(C(=O)OC(C)C)cc3)o2)cc1. The number of rotatable bonds is 8. The number of amides is 1. The summed E-state index contributed by atoms with van der Waals surface area (Å²) in [5.41, 5.74) is 1.76. The molecular formula is C21H21N3O5S. The van der Waals surface area contributed by atoms with E-state index in [4.69, 9.17) is 13.9 Å². The molecule has 2 aromatic carbocycles. The number of aromatic nitrogens is 2. The predicted octanol–water partition coefficient (Wildman–Crippen LogP) is 4.04. The summed E-state index contributed by atoms with van der Waals surface area (Å²) < 4.78 is 15.8. The highest BCUT2D eigenvalue weighted by atomic mass is 32.2. The first-order valence-electron chi connectivity index (χ1n) is 9.16. The number of methoxy groups -OCH3 is 1. The lowest BCUT2D eigenvalue weighted by molar-refractivity contribution is -0.113. The van der Waals surface area contributed by atoms with Crippen molar-refractivity contribution < 1.29 is 23.5 Å². The molecule has 30 heavy (non-hydrogen) atoms. The van der Waals surface area contributed by atoms with Crippen LogP contribution in [0, 0.1) is 0 Å². The molecule has 1 heterocycles. The van der Waals surface area contributed by atoms with Crippen LogP contribution in [-0.4, -0.2) is 41.0 Å². The predicted molar refractivity (Wildman–Crippen MR) is 113 cm³/mol. The van der Waals surface area contributed by atoms with Crippen LogP contribution in [0.3, 0.4) is 0 Å². The zero-order chi connectivity index (χ0) is 21.5. The van der Waals surface area contributed by atoms with E-state index in [1.54, 1.807) is 57.4 Å². The number of thioether (sulfide) groups is 1. The first-order valence-corrected chi connectivity index (χ1v) is 10.1. The van der Waals surface area contributed by atoms with Crippen LogP contribution in [0.5, 0.6) is 5.75 Å². The zero-order valence-corrected chi connectivity index (χ0v) is 17.6. The van der Waals surface area contributed by atoms with E-state index in [9.17, 15) is 9.59 Å². The third-order valence-corrected chi connectivity index (χ3v) is 4.64. The van der Waals surface area contributed by atoms with Crippen molar-refractivity contribution in [1.29, 1.82) is 0 Å². The maximum Gasteiger partial charge on any atom is 0.338 e. The van der Waals surface area contributed by atoms with Crippen LogP contribution in [0.4, 0.5) is 5.69 Å². The number of benzene rings is 2. The summed E-state index contributed by atoms with van der Waals surface area (Å²) in [7, 11) is 1.59. The molecule has 1 amide bonds. The normalized spacial score (nSPS) is 10.7. The first kappa shape index (κ1) is 21.4. The summed E-state index contributed by atoms with van der Waals surface area (Å²) in [6.07, 6.45) is -0.191. The highest BCUT2D eigenvalue weighted by Gasteiger charge is 2.13. The second-order valence-corrected chi connectivity index (χ2v) is 7.40. The Bertz CT molecular complexity index is 1000. The minimum atomic E-state index is -0.400. The molecule has 8 nitrogen and oxygen atoms in total. The number of ether oxygens (including phenoxy) is 2. The summed E-state index contributed by atoms with van der Waals surface area (Å²) in [4.78, 5) is 24.0. The van der Waals surface area contributed by atoms with Gasteiger partial charge in [0.15, 0.2) is 0 Å². The quantitative estimate of drug-likeness (QED) is 0.424. The van der Waals surface area contributed by atoms with E-state index in [0.717, 1.165) is 23.1 Å². The van der Waals surface area contributed by atoms with Gasteiger partial charge in [-0.3, -0.25) is 4.79 Å². The molecular weight excluding hydrogens is 406 g/mol. The molecule has 0 bridgehead atoms. The Hall–Kier alpha value is -3.33. The molecule has 0 aliphatic heterocycles. The molecule has 3 rings (SSSR count). The second kappa shape index (κ2) is 9.93. The first-order chi connectivity index (χ1) is 14.4. The number of hydrogen-bond acceptors (Lipinski definition) is 8. The van der Waals surface area contributed by atoms with Gasteiger partial charge in [0.2, 0.25) is 11.8 Å². The Labute approximate surface area is 178 Å². The Kier molecular flexibility index (Phi) is 7.08. The van der Waals surface area contributed by atoms with E-state index < -0.39 is 5.97 Å². The lowest BCUT2D eigenvalue weighted by Crippen LogP contribution is -2.14. The molecule has 0 radical (unpaired) electrons. The molecule has 0 saturated carbocycles. The van der Waals surface area contributed by atoms with Crippen LogP contribution in [0.2, 0.25) is 0 Å². The van der Waals surface area contributed by atoms with Gasteiger partial charge in [-0.2, -0.15) is 0 Å². The van der Waals surface area contributed by atoms with E-state index in [2.05, 4.69) is 15.5 Å². The topological polar surface area (TPSA) is 104 Å². The molecule has 156 valence electrons. The zero-order valence-electron chi connectivity index (χ0n) is 16.7. The lowest BCUT2D eigenvalue weighted by atomic mass is 10.2. The Morgan fingerprint density at radius 2 is 1.77 bits per heavy atom. The van der Waals surface area contributed by atoms with Crippen LogP contribution < -0.4 is 10.1 Å². The minimum Gasteiger partial charge on any atom is -0.497 e. The van der Waals surface area contributed by atoms with Gasteiger partial charge in [0.1, 0.15) is 5.75 Å². The molecule has 0 unspecified atom stereocenters. The summed E-state index contributed by atoms with van der Waals surface area (Å²) in [6.45, 7) is 3.57. The number of hydrogen-bond donors (Lipinski definition) is 1. The van der Waals surface area contributed by atoms with Crippen LogP contribution >= 0.6 is 11.8 Å². The van der Waals surface area contributed by atoms with Crippen molar-refractivity contribution >= 4 is 29.3 Å². The van der Waals surface area contributed by atoms with Crippen molar-refractivity contribution in [2.75, 3.05) is 18.2 Å². The Balaban J connectivity index is 1.51. The Morgan fingerprint density at radius 1 is 1.07 bits per heavy atom. The molecule has 0 atom stereocenters. The van der Waals surface area contributed by atoms with Crippen molar-refractivity contribution in [3.8, 4) is 17.2 Å². The van der Waals surface area contributed by atoms with Crippen LogP contribution in [-0.2, 0) is 9.53 Å². The summed E-state index contributed by atoms with van der Waals surface area (Å²) in [5.74, 6) is 0.560. The van der Waals surface area contributed by atoms with E-state index >= 15 is 0 Å². The molecule has 0 spiro atoms. The van der Waals surface area contributed by atoms with E-state index in [1.165, 1.54) is 0 Å². The van der Waals surface area contributed by atoms with Crippen LogP contribution in [0.15, 0.2) is 58.2 Å². The number of anilines is 1. The van der Waals surface area contributed by atoms with Crippen LogP contribution in [0.25, 0.3) is 11.5 Å². The van der Waals surface area contributed by atoms with Crippen molar-refractivity contribution in [2.24, 2.45) is 0 Å². The summed E-state index contributed by atoms with van der Waals surface area (Å²) in [5, 5.41) is 11.0. The van der Waals surface area contributed by atoms with Gasteiger partial charge >= 0.3 is 5.97 Å². The molecule has 3 aromatic rings. The second-order valence-electron chi connectivity index (χ2n) is 6.47. The third-order valence-electron chi connectivity index (χ3n) is 3.82. The minimum absolute atomic E-state index is 0.0986. The number of nitrogens with one attached hydrogen (secondary N) is 1. The van der Waals surface area contributed by atoms with Crippen LogP contribution in [0.1, 0.15) is 24.2 Å². The van der Waals surface area contributed by atoms with Crippen molar-refractivity contribution in [3.63, 3.8) is 0 Å². The number of nitrogens with zero attached hydrogens (tertiary/aromatic N) is 2. The van der Waals surface area contributed by atoms with Crippen molar-refractivity contribution in [3.05, 3.63) is 54.1 Å². The lowest BCUT2D eigenvalue weighted by Gasteiger charge is -2.08. The highest BCUT2D eigenvalue weighted by Crippen LogP contribution is 2.25. The molecule has 1 aromatic heterocycles. The number of carbonyl (C=O) groups excluding carboxylic acids is 2. The van der Waals surface area contributed by atoms with Crippen molar-refractivity contribution in [1.82, 2.24) is 10.2 Å². The fourth-order valence-electron chi connectivity index (χ4n) is 2.41. The van der Waals surface area contributed by atoms with Gasteiger partial charge in [0.25, 0.3) is 5.22 Å². The fraction of sp³-hybridized carbons (Fsp3) is 0.238. The molecule has 0 aliphatic rings. The average molecular weight is 427 g/mol. The summed E-state index contributed by atoms with van der Waals surface area (Å²) >= 11 is 1.13. The molecule has 9 heteroatoms. The standard InChI is InChI=1S/C21H21N3O5S/c1-13(2)28-20(26)15-4-8-16(9-5-15)22-18(25)12-30-21-24-23-19(29-21)14-6-10-17(27-3)11-7-14/h4-11,13H,12H2,1-3H3,(H,22,25). The van der Waals surface area contributed by atoms with Gasteiger partial charge in [-0.1, -0.05) is 11.8 Å². The summed E-state index contributed by atoms with van der Waals surface area (Å²) in [6, 6.07) is 13.7. The van der Waals surface area contributed by atoms with Crippen molar-refractivity contribution in [2.45, 2.75) is 25.2 Å². The van der Waals surface area contributed by atoms with Gasteiger partial charge in [0, 0.05) is 11.3 Å². The maximum absolute atomic E-state index is 12.2. The van der Waals surface area contributed by atoms with Gasteiger partial charge in [-0.15, -0.1) is 10.2 Å². The fourth-order valence-corrected chi connectivity index (χ4v) is 2.98. The van der Waals surface area contributed by atoms with E-state index in [1.807, 2.05) is 12.1 Å². The third kappa shape index (κ3) is 5.84. The molecule has 0 aliphatic carbocycles. The molecule has 1 N–H and O–H groups in total. The van der Waals surface area contributed by atoms with Gasteiger partial charge in [0.05, 0.1) is 24.5 Å². The molecule has 0 fully saturated rings. The van der Waals surface area contributed by atoms with Gasteiger partial charge < -0.3 is 19.2 Å². The largest absolute Gasteiger partial charge is 0.497 e. The molecule has 0 saturated heterocycles. The van der Waals surface area contributed by atoms with E-state index in [0.29, 0.717) is 22.4 Å². The number of esters is 1. The van der Waals surface area contributed by atoms with Gasteiger partial charge in [-0.25, -0.2) is 4.79 Å². The Morgan fingerprint density at radius 3 is 2.40 bits per heavy atom. The van der Waals surface area contributed by atoms with E-state index in [-0.39, 0.29) is 17.8 Å². The highest BCUT2D eigenvalue weighted by molar-refractivity contribution is 7.99. The van der Waals surface area contributed by atoms with Gasteiger partial charge in [-0.05, 0) is 62.4 Å². The maximum atomic E-state index is 12.2.